The summed E-state index contributed by atoms with van der Waals surface area (Å²) in [6, 6.07) is 7.43. The quantitative estimate of drug-likeness (QED) is 0.670. The van der Waals surface area contributed by atoms with Crippen LogP contribution in [0.4, 0.5) is 4.79 Å². The number of rotatable bonds is 4. The number of hydrogen-bond acceptors (Lipinski definition) is 3. The Kier molecular flexibility index (Phi) is 6.20. The lowest BCUT2D eigenvalue weighted by molar-refractivity contribution is -0.113. The van der Waals surface area contributed by atoms with Gasteiger partial charge in [0.25, 0.3) is 0 Å². The van der Waals surface area contributed by atoms with E-state index in [0.29, 0.717) is 5.56 Å². The third-order valence-corrected chi connectivity index (χ3v) is 2.53. The average molecular weight is 345 g/mol. The van der Waals surface area contributed by atoms with Crippen molar-refractivity contribution >= 4 is 57.7 Å². The zero-order valence-electron chi connectivity index (χ0n) is 9.41. The smallest absolute Gasteiger partial charge is 0.408 e. The third kappa shape index (κ3) is 6.34. The fraction of sp³-hybridized carbons (Fsp3) is 0.273. The molecule has 1 aromatic carbocycles. The van der Waals surface area contributed by atoms with Crippen molar-refractivity contribution < 1.29 is 14.3 Å². The number of nitrogens with one attached hydrogen (secondary N) is 1. The molecule has 0 fully saturated rings. The summed E-state index contributed by atoms with van der Waals surface area (Å²) < 4.78 is 2.93. The van der Waals surface area contributed by atoms with Gasteiger partial charge in [-0.05, 0) is 17.2 Å². The van der Waals surface area contributed by atoms with E-state index in [1.54, 1.807) is 30.3 Å². The molecular weight excluding hydrogens is 336 g/mol. The highest BCUT2D eigenvalue weighted by Gasteiger charge is 2.25. The maximum Gasteiger partial charge on any atom is 0.408 e. The van der Waals surface area contributed by atoms with E-state index in [1.165, 1.54) is 0 Å². The Morgan fingerprint density at radius 2 is 1.79 bits per heavy atom. The molecule has 0 spiro atoms. The highest BCUT2D eigenvalue weighted by Crippen LogP contribution is 2.26. The van der Waals surface area contributed by atoms with Crippen LogP contribution in [0.15, 0.2) is 30.3 Å². The Hall–Kier alpha value is -0.680. The molecule has 0 aromatic heterocycles. The summed E-state index contributed by atoms with van der Waals surface area (Å²) in [6.07, 6.45) is -0.908. The minimum atomic E-state index is -1.72. The lowest BCUT2D eigenvalue weighted by Crippen LogP contribution is -2.34. The second-order valence-electron chi connectivity index (χ2n) is 3.48. The van der Waals surface area contributed by atoms with Gasteiger partial charge in [0.2, 0.25) is 9.03 Å². The van der Waals surface area contributed by atoms with Gasteiger partial charge in [0.1, 0.15) is 12.6 Å². The maximum absolute atomic E-state index is 11.5. The van der Waals surface area contributed by atoms with E-state index in [0.717, 1.165) is 0 Å². The highest BCUT2D eigenvalue weighted by molar-refractivity contribution is 6.67. The van der Waals surface area contributed by atoms with Gasteiger partial charge in [-0.1, -0.05) is 65.1 Å². The molecule has 1 aromatic rings. The number of halogens is 4. The number of carbonyl (C=O) groups excluding carboxylic acids is 2. The van der Waals surface area contributed by atoms with Gasteiger partial charge in [0.15, 0.2) is 0 Å². The summed E-state index contributed by atoms with van der Waals surface area (Å²) in [4.78, 5) is 22.8. The number of alkyl carbamates (subject to hydrolysis) is 1. The lowest BCUT2D eigenvalue weighted by atomic mass is 10.1. The Labute approximate surface area is 129 Å². The van der Waals surface area contributed by atoms with Crippen LogP contribution < -0.4 is 5.32 Å². The van der Waals surface area contributed by atoms with Crippen LogP contribution in [0, 0.1) is 0 Å². The van der Waals surface area contributed by atoms with E-state index in [4.69, 9.17) is 46.4 Å². The van der Waals surface area contributed by atoms with E-state index in [9.17, 15) is 9.59 Å². The van der Waals surface area contributed by atoms with E-state index in [1.807, 2.05) is 0 Å². The van der Waals surface area contributed by atoms with Crippen molar-refractivity contribution in [2.75, 3.05) is 6.61 Å². The molecule has 4 nitrogen and oxygen atoms in total. The van der Waals surface area contributed by atoms with Crippen LogP contribution in [0.1, 0.15) is 11.6 Å². The number of alkyl halides is 3. The van der Waals surface area contributed by atoms with Crippen molar-refractivity contribution in [1.82, 2.24) is 5.32 Å². The molecule has 1 N–H and O–H groups in total. The van der Waals surface area contributed by atoms with Gasteiger partial charge in [-0.3, -0.25) is 4.79 Å². The van der Waals surface area contributed by atoms with E-state index in [-0.39, 0.29) is 0 Å². The van der Waals surface area contributed by atoms with Gasteiger partial charge in [0, 0.05) is 0 Å². The van der Waals surface area contributed by atoms with E-state index >= 15 is 0 Å². The Morgan fingerprint density at radius 3 is 2.26 bits per heavy atom. The molecule has 0 aliphatic rings. The fourth-order valence-electron chi connectivity index (χ4n) is 1.22. The summed E-state index contributed by atoms with van der Waals surface area (Å²) >= 11 is 21.7. The van der Waals surface area contributed by atoms with Crippen molar-refractivity contribution in [3.05, 3.63) is 35.9 Å². The van der Waals surface area contributed by atoms with E-state index < -0.39 is 27.8 Å². The molecule has 0 radical (unpaired) electrons. The second-order valence-corrected chi connectivity index (χ2v) is 6.37. The van der Waals surface area contributed by atoms with Crippen molar-refractivity contribution in [2.45, 2.75) is 9.83 Å². The Bertz CT molecular complexity index is 447. The molecule has 0 aliphatic heterocycles. The summed E-state index contributed by atoms with van der Waals surface area (Å²) in [7, 11) is 0. The molecule has 0 saturated heterocycles. The van der Waals surface area contributed by atoms with Gasteiger partial charge in [0.05, 0.1) is 0 Å². The standard InChI is InChI=1S/C11H9Cl4NO3/c12-9(17)8(7-4-2-1-3-5-7)16-10(18)19-6-11(13,14)15/h1-5,8H,6H2,(H,16,18)/t8-/m1/s1. The fourth-order valence-corrected chi connectivity index (χ4v) is 1.57. The summed E-state index contributed by atoms with van der Waals surface area (Å²) in [5, 5.41) is 1.53. The topological polar surface area (TPSA) is 55.4 Å². The first kappa shape index (κ1) is 16.4. The van der Waals surface area contributed by atoms with Gasteiger partial charge in [-0.2, -0.15) is 0 Å². The predicted octanol–water partition coefficient (Wildman–Crippen LogP) is 3.59. The molecule has 0 heterocycles. The number of benzene rings is 1. The molecular formula is C11H9Cl4NO3. The van der Waals surface area contributed by atoms with Crippen LogP contribution in [0.2, 0.25) is 0 Å². The number of amides is 1. The Morgan fingerprint density at radius 1 is 1.21 bits per heavy atom. The number of hydrogen-bond donors (Lipinski definition) is 1. The molecule has 1 atom stereocenters. The third-order valence-electron chi connectivity index (χ3n) is 1.99. The normalized spacial score (nSPS) is 12.6. The molecule has 1 amide bonds. The summed E-state index contributed by atoms with van der Waals surface area (Å²) in [5.74, 6) is 0. The molecule has 0 bridgehead atoms. The minimum absolute atomic E-state index is 0.443. The molecule has 19 heavy (non-hydrogen) atoms. The minimum Gasteiger partial charge on any atom is -0.445 e. The van der Waals surface area contributed by atoms with Crippen LogP contribution in [0.25, 0.3) is 0 Å². The SMILES string of the molecule is O=C(N[C@@H](C(=O)Cl)c1ccccc1)OCC(Cl)(Cl)Cl. The lowest BCUT2D eigenvalue weighted by Gasteiger charge is -2.16. The van der Waals surface area contributed by atoms with Crippen molar-refractivity contribution in [1.29, 1.82) is 0 Å². The summed E-state index contributed by atoms with van der Waals surface area (Å²) in [6.45, 7) is -0.443. The first-order valence-corrected chi connectivity index (χ1v) is 6.55. The highest BCUT2D eigenvalue weighted by atomic mass is 35.6. The molecule has 104 valence electrons. The van der Waals surface area contributed by atoms with Crippen LogP contribution in [0.3, 0.4) is 0 Å². The summed E-state index contributed by atoms with van der Waals surface area (Å²) in [5.41, 5.74) is 0.522. The van der Waals surface area contributed by atoms with Crippen molar-refractivity contribution in [3.8, 4) is 0 Å². The van der Waals surface area contributed by atoms with E-state index in [2.05, 4.69) is 10.1 Å². The van der Waals surface area contributed by atoms with Gasteiger partial charge in [-0.25, -0.2) is 4.79 Å². The zero-order valence-corrected chi connectivity index (χ0v) is 12.4. The molecule has 0 saturated carbocycles. The zero-order chi connectivity index (χ0) is 14.5. The van der Waals surface area contributed by atoms with Crippen molar-refractivity contribution in [2.24, 2.45) is 0 Å². The predicted molar refractivity (Wildman–Crippen MR) is 74.8 cm³/mol. The van der Waals surface area contributed by atoms with Crippen molar-refractivity contribution in [3.63, 3.8) is 0 Å². The molecule has 1 rings (SSSR count). The Balaban J connectivity index is 2.65. The molecule has 0 unspecified atom stereocenters. The first-order chi connectivity index (χ1) is 8.79. The van der Waals surface area contributed by atoms with Gasteiger partial charge in [-0.15, -0.1) is 0 Å². The number of carbonyl (C=O) groups is 2. The van der Waals surface area contributed by atoms with Crippen LogP contribution in [-0.2, 0) is 9.53 Å². The van der Waals surface area contributed by atoms with Gasteiger partial charge >= 0.3 is 6.09 Å². The molecule has 0 aliphatic carbocycles. The van der Waals surface area contributed by atoms with Crippen LogP contribution in [0.5, 0.6) is 0 Å². The first-order valence-electron chi connectivity index (χ1n) is 5.04. The molecule has 8 heteroatoms. The average Bonchev–Trinajstić information content (AvgIpc) is 2.33. The largest absolute Gasteiger partial charge is 0.445 e. The second kappa shape index (κ2) is 7.20. The monoisotopic (exact) mass is 343 g/mol. The maximum atomic E-state index is 11.5. The van der Waals surface area contributed by atoms with Crippen LogP contribution >= 0.6 is 46.4 Å². The van der Waals surface area contributed by atoms with Crippen LogP contribution in [-0.4, -0.2) is 21.7 Å². The van der Waals surface area contributed by atoms with Gasteiger partial charge < -0.3 is 10.1 Å². The number of ether oxygens (including phenoxy) is 1.